The van der Waals surface area contributed by atoms with E-state index >= 15 is 0 Å². The van der Waals surface area contributed by atoms with Gasteiger partial charge in [0.15, 0.2) is 0 Å². The highest BCUT2D eigenvalue weighted by molar-refractivity contribution is 5.95. The van der Waals surface area contributed by atoms with Gasteiger partial charge in [-0.1, -0.05) is 25.1 Å². The SMILES string of the molecule is CCc1cccc(C)c1NC(=O)C(CN)OC.Cl. The number of ether oxygens (including phenoxy) is 1. The summed E-state index contributed by atoms with van der Waals surface area (Å²) in [5.41, 5.74) is 8.49. The van der Waals surface area contributed by atoms with E-state index in [4.69, 9.17) is 10.5 Å². The minimum atomic E-state index is -0.598. The number of nitrogens with two attached hydrogens (primary N) is 1. The van der Waals surface area contributed by atoms with E-state index < -0.39 is 6.10 Å². The maximum atomic E-state index is 11.9. The molecule has 0 radical (unpaired) electrons. The molecule has 4 nitrogen and oxygen atoms in total. The largest absolute Gasteiger partial charge is 0.370 e. The topological polar surface area (TPSA) is 64.4 Å². The van der Waals surface area contributed by atoms with Crippen molar-refractivity contribution in [3.63, 3.8) is 0 Å². The quantitative estimate of drug-likeness (QED) is 0.860. The van der Waals surface area contributed by atoms with Crippen molar-refractivity contribution in [3.05, 3.63) is 29.3 Å². The minimum Gasteiger partial charge on any atom is -0.370 e. The average Bonchev–Trinajstić information content (AvgIpc) is 2.33. The van der Waals surface area contributed by atoms with E-state index in [9.17, 15) is 4.79 Å². The first-order valence-corrected chi connectivity index (χ1v) is 5.76. The van der Waals surface area contributed by atoms with E-state index in [0.717, 1.165) is 23.2 Å². The molecule has 5 heteroatoms. The summed E-state index contributed by atoms with van der Waals surface area (Å²) in [7, 11) is 1.48. The number of carbonyl (C=O) groups is 1. The van der Waals surface area contributed by atoms with Gasteiger partial charge in [0, 0.05) is 19.3 Å². The molecule has 0 saturated carbocycles. The fraction of sp³-hybridized carbons (Fsp3) is 0.462. The molecular weight excluding hydrogens is 252 g/mol. The van der Waals surface area contributed by atoms with Gasteiger partial charge in [0.2, 0.25) is 0 Å². The Labute approximate surface area is 114 Å². The van der Waals surface area contributed by atoms with E-state index in [2.05, 4.69) is 12.2 Å². The molecule has 0 saturated heterocycles. The third-order valence-electron chi connectivity index (χ3n) is 2.78. The summed E-state index contributed by atoms with van der Waals surface area (Å²) in [4.78, 5) is 11.9. The van der Waals surface area contributed by atoms with Gasteiger partial charge in [0.1, 0.15) is 6.10 Å². The highest BCUT2D eigenvalue weighted by atomic mass is 35.5. The molecule has 0 heterocycles. The first kappa shape index (κ1) is 16.9. The molecule has 0 bridgehead atoms. The second-order valence-electron chi connectivity index (χ2n) is 3.91. The van der Waals surface area contributed by atoms with E-state index in [0.29, 0.717) is 0 Å². The van der Waals surface area contributed by atoms with Crippen LogP contribution in [0.5, 0.6) is 0 Å². The minimum absolute atomic E-state index is 0. The first-order chi connectivity index (χ1) is 8.13. The predicted octanol–water partition coefficient (Wildman–Crippen LogP) is 1.89. The van der Waals surface area contributed by atoms with Crippen LogP contribution in [-0.2, 0) is 16.0 Å². The van der Waals surface area contributed by atoms with Crippen molar-refractivity contribution in [2.75, 3.05) is 19.0 Å². The lowest BCUT2D eigenvalue weighted by Gasteiger charge is -2.17. The summed E-state index contributed by atoms with van der Waals surface area (Å²) in [6.07, 6.45) is 0.275. The molecule has 1 unspecified atom stereocenters. The molecule has 3 N–H and O–H groups in total. The van der Waals surface area contributed by atoms with Gasteiger partial charge in [-0.2, -0.15) is 0 Å². The van der Waals surface area contributed by atoms with Crippen LogP contribution < -0.4 is 11.1 Å². The number of amides is 1. The number of rotatable bonds is 5. The maximum Gasteiger partial charge on any atom is 0.254 e. The van der Waals surface area contributed by atoms with Crippen molar-refractivity contribution in [3.8, 4) is 0 Å². The Bertz CT molecular complexity index is 393. The zero-order valence-electron chi connectivity index (χ0n) is 11.0. The number of nitrogens with one attached hydrogen (secondary N) is 1. The smallest absolute Gasteiger partial charge is 0.254 e. The summed E-state index contributed by atoms with van der Waals surface area (Å²) in [5.74, 6) is -0.195. The lowest BCUT2D eigenvalue weighted by molar-refractivity contribution is -0.125. The Morgan fingerprint density at radius 3 is 2.67 bits per heavy atom. The van der Waals surface area contributed by atoms with Gasteiger partial charge < -0.3 is 15.8 Å². The number of para-hydroxylation sites is 1. The van der Waals surface area contributed by atoms with Crippen LogP contribution in [-0.4, -0.2) is 25.7 Å². The van der Waals surface area contributed by atoms with Gasteiger partial charge in [0.05, 0.1) is 0 Å². The second-order valence-corrected chi connectivity index (χ2v) is 3.91. The molecule has 18 heavy (non-hydrogen) atoms. The molecule has 0 spiro atoms. The molecule has 0 aliphatic carbocycles. The third kappa shape index (κ3) is 3.98. The number of aryl methyl sites for hydroxylation is 2. The molecule has 0 aliphatic rings. The average molecular weight is 273 g/mol. The van der Waals surface area contributed by atoms with Gasteiger partial charge in [0.25, 0.3) is 5.91 Å². The van der Waals surface area contributed by atoms with Crippen LogP contribution in [0.3, 0.4) is 0 Å². The Morgan fingerprint density at radius 2 is 2.17 bits per heavy atom. The van der Waals surface area contributed by atoms with Crippen molar-refractivity contribution < 1.29 is 9.53 Å². The van der Waals surface area contributed by atoms with Gasteiger partial charge in [-0.25, -0.2) is 0 Å². The molecule has 0 fully saturated rings. The normalized spacial score (nSPS) is 11.6. The second kappa shape index (κ2) is 8.08. The zero-order valence-corrected chi connectivity index (χ0v) is 11.8. The standard InChI is InChI=1S/C13H20N2O2.ClH/c1-4-10-7-5-6-9(2)12(10)15-13(16)11(8-14)17-3;/h5-7,11H,4,8,14H2,1-3H3,(H,15,16);1H. The van der Waals surface area contributed by atoms with Gasteiger partial charge in [-0.15, -0.1) is 12.4 Å². The Morgan fingerprint density at radius 1 is 1.50 bits per heavy atom. The number of anilines is 1. The van der Waals surface area contributed by atoms with Crippen molar-refractivity contribution in [2.45, 2.75) is 26.4 Å². The van der Waals surface area contributed by atoms with Crippen LogP contribution in [0.2, 0.25) is 0 Å². The molecule has 0 aromatic heterocycles. The van der Waals surface area contributed by atoms with Crippen LogP contribution in [0.25, 0.3) is 0 Å². The van der Waals surface area contributed by atoms with Crippen molar-refractivity contribution in [1.29, 1.82) is 0 Å². The van der Waals surface area contributed by atoms with E-state index in [1.54, 1.807) is 0 Å². The predicted molar refractivity (Wildman–Crippen MR) is 76.3 cm³/mol. The first-order valence-electron chi connectivity index (χ1n) is 5.76. The number of carbonyl (C=O) groups excluding carboxylic acids is 1. The molecule has 1 rings (SSSR count). The number of halogens is 1. The summed E-state index contributed by atoms with van der Waals surface area (Å²) in [6, 6.07) is 5.96. The molecule has 0 aliphatic heterocycles. The van der Waals surface area contributed by atoms with E-state index in [1.807, 2.05) is 25.1 Å². The lowest BCUT2D eigenvalue weighted by Crippen LogP contribution is -2.36. The fourth-order valence-electron chi connectivity index (χ4n) is 1.72. The Hall–Kier alpha value is -1.10. The monoisotopic (exact) mass is 272 g/mol. The van der Waals surface area contributed by atoms with Gasteiger partial charge >= 0.3 is 0 Å². The van der Waals surface area contributed by atoms with Crippen molar-refractivity contribution >= 4 is 24.0 Å². The van der Waals surface area contributed by atoms with Crippen LogP contribution in [0.4, 0.5) is 5.69 Å². The molecule has 1 aromatic rings. The molecule has 1 aromatic carbocycles. The van der Waals surface area contributed by atoms with E-state index in [1.165, 1.54) is 7.11 Å². The van der Waals surface area contributed by atoms with Crippen LogP contribution in [0.15, 0.2) is 18.2 Å². The summed E-state index contributed by atoms with van der Waals surface area (Å²) < 4.78 is 5.01. The van der Waals surface area contributed by atoms with E-state index in [-0.39, 0.29) is 24.9 Å². The molecule has 1 atom stereocenters. The highest BCUT2D eigenvalue weighted by Gasteiger charge is 2.17. The Balaban J connectivity index is 0.00000289. The summed E-state index contributed by atoms with van der Waals surface area (Å²) in [5, 5.41) is 2.89. The lowest BCUT2D eigenvalue weighted by atomic mass is 10.1. The summed E-state index contributed by atoms with van der Waals surface area (Å²) in [6.45, 7) is 4.20. The zero-order chi connectivity index (χ0) is 12.8. The van der Waals surface area contributed by atoms with Crippen molar-refractivity contribution in [1.82, 2.24) is 0 Å². The van der Waals surface area contributed by atoms with Crippen LogP contribution in [0, 0.1) is 6.92 Å². The van der Waals surface area contributed by atoms with Crippen molar-refractivity contribution in [2.24, 2.45) is 5.73 Å². The molecule has 1 amide bonds. The number of hydrogen-bond donors (Lipinski definition) is 2. The number of methoxy groups -OCH3 is 1. The fourth-order valence-corrected chi connectivity index (χ4v) is 1.72. The van der Waals surface area contributed by atoms with Crippen LogP contribution in [0.1, 0.15) is 18.1 Å². The molecular formula is C13H21ClN2O2. The maximum absolute atomic E-state index is 11.9. The highest BCUT2D eigenvalue weighted by Crippen LogP contribution is 2.21. The molecule has 102 valence electrons. The van der Waals surface area contributed by atoms with Crippen LogP contribution >= 0.6 is 12.4 Å². The third-order valence-corrected chi connectivity index (χ3v) is 2.78. The summed E-state index contributed by atoms with van der Waals surface area (Å²) >= 11 is 0. The van der Waals surface area contributed by atoms with Gasteiger partial charge in [-0.05, 0) is 24.5 Å². The Kier molecular flexibility index (Phi) is 7.59. The number of hydrogen-bond acceptors (Lipinski definition) is 3. The van der Waals surface area contributed by atoms with Gasteiger partial charge in [-0.3, -0.25) is 4.79 Å². The number of benzene rings is 1.